The molecule has 0 amide bonds. The fourth-order valence-corrected chi connectivity index (χ4v) is 6.62. The molecule has 0 aliphatic carbocycles. The predicted molar refractivity (Wildman–Crippen MR) is 159 cm³/mol. The SMILES string of the molecule is CCOC(=O)CCc1cccc2c1OCC2(C)c1cnc(-c2cc(Oc3c(F)cc4[nH]ccc4c3S(C)(=O)=O)ccc2F)[nH]1. The molecule has 1 atom stereocenters. The molecule has 1 unspecified atom stereocenters. The molecule has 12 heteroatoms. The molecule has 228 valence electrons. The van der Waals surface area contributed by atoms with Crippen molar-refractivity contribution in [3.8, 4) is 28.6 Å². The Morgan fingerprint density at radius 1 is 1.14 bits per heavy atom. The summed E-state index contributed by atoms with van der Waals surface area (Å²) in [5.41, 5.74) is 2.15. The summed E-state index contributed by atoms with van der Waals surface area (Å²) < 4.78 is 72.5. The van der Waals surface area contributed by atoms with Crippen LogP contribution in [0, 0.1) is 11.6 Å². The van der Waals surface area contributed by atoms with Gasteiger partial charge in [0.15, 0.2) is 21.4 Å². The van der Waals surface area contributed by atoms with E-state index in [0.29, 0.717) is 36.6 Å². The molecule has 3 heterocycles. The second kappa shape index (κ2) is 11.1. The molecule has 2 aromatic heterocycles. The van der Waals surface area contributed by atoms with Gasteiger partial charge in [0.2, 0.25) is 0 Å². The first-order valence-corrected chi connectivity index (χ1v) is 15.8. The summed E-state index contributed by atoms with van der Waals surface area (Å²) >= 11 is 0. The van der Waals surface area contributed by atoms with Gasteiger partial charge in [-0.25, -0.2) is 22.2 Å². The molecule has 0 radical (unpaired) electrons. The van der Waals surface area contributed by atoms with Gasteiger partial charge in [-0.2, -0.15) is 0 Å². The monoisotopic (exact) mass is 621 g/mol. The van der Waals surface area contributed by atoms with E-state index >= 15 is 8.78 Å². The van der Waals surface area contributed by atoms with E-state index < -0.39 is 32.6 Å². The molecule has 5 aromatic rings. The first-order valence-electron chi connectivity index (χ1n) is 13.9. The summed E-state index contributed by atoms with van der Waals surface area (Å²) in [7, 11) is -3.91. The highest BCUT2D eigenvalue weighted by Gasteiger charge is 2.40. The van der Waals surface area contributed by atoms with Crippen LogP contribution in [0.25, 0.3) is 22.3 Å². The molecular formula is C32H29F2N3O6S. The highest BCUT2D eigenvalue weighted by Crippen LogP contribution is 2.45. The normalized spacial score (nSPS) is 16.1. The molecule has 44 heavy (non-hydrogen) atoms. The fraction of sp³-hybridized carbons (Fsp3) is 0.250. The van der Waals surface area contributed by atoms with Crippen LogP contribution in [0.4, 0.5) is 8.78 Å². The van der Waals surface area contributed by atoms with E-state index in [2.05, 4.69) is 15.0 Å². The number of imidazole rings is 1. The minimum Gasteiger partial charge on any atom is -0.492 e. The predicted octanol–water partition coefficient (Wildman–Crippen LogP) is 6.23. The van der Waals surface area contributed by atoms with Crippen molar-refractivity contribution in [2.24, 2.45) is 0 Å². The maximum atomic E-state index is 15.1. The van der Waals surface area contributed by atoms with Gasteiger partial charge >= 0.3 is 5.97 Å². The number of carbonyl (C=O) groups excluding carboxylic acids is 1. The molecule has 1 aliphatic rings. The fourth-order valence-electron chi connectivity index (χ4n) is 5.57. The maximum absolute atomic E-state index is 15.1. The number of aromatic amines is 2. The van der Waals surface area contributed by atoms with Gasteiger partial charge in [-0.05, 0) is 50.1 Å². The Morgan fingerprint density at radius 2 is 1.95 bits per heavy atom. The molecule has 0 saturated carbocycles. The second-order valence-corrected chi connectivity index (χ2v) is 12.8. The molecule has 9 nitrogen and oxygen atoms in total. The Labute approximate surface area is 252 Å². The summed E-state index contributed by atoms with van der Waals surface area (Å²) in [6, 6.07) is 12.2. The molecule has 0 saturated heterocycles. The van der Waals surface area contributed by atoms with E-state index in [0.717, 1.165) is 29.5 Å². The van der Waals surface area contributed by atoms with E-state index in [4.69, 9.17) is 14.2 Å². The van der Waals surface area contributed by atoms with Crippen LogP contribution in [0.1, 0.15) is 37.1 Å². The largest absolute Gasteiger partial charge is 0.492 e. The number of nitrogens with zero attached hydrogens (tertiary/aromatic N) is 1. The maximum Gasteiger partial charge on any atom is 0.306 e. The van der Waals surface area contributed by atoms with Crippen molar-refractivity contribution in [1.82, 2.24) is 15.0 Å². The Kier molecular flexibility index (Phi) is 7.40. The summed E-state index contributed by atoms with van der Waals surface area (Å²) in [6.45, 7) is 4.36. The van der Waals surface area contributed by atoms with Crippen molar-refractivity contribution in [2.75, 3.05) is 19.5 Å². The number of esters is 1. The summed E-state index contributed by atoms with van der Waals surface area (Å²) in [5.74, 6) is -1.36. The van der Waals surface area contributed by atoms with Crippen molar-refractivity contribution in [2.45, 2.75) is 37.0 Å². The van der Waals surface area contributed by atoms with Gasteiger partial charge in [0.1, 0.15) is 34.6 Å². The topological polar surface area (TPSA) is 123 Å². The number of para-hydroxylation sites is 1. The highest BCUT2D eigenvalue weighted by molar-refractivity contribution is 7.91. The molecule has 1 aliphatic heterocycles. The number of fused-ring (bicyclic) bond motifs is 2. The van der Waals surface area contributed by atoms with Crippen LogP contribution >= 0.6 is 0 Å². The standard InChI is InChI=1S/C32H29F2N3O6S/c1-4-41-27(38)11-8-18-6-5-7-22-28(18)42-17-32(22,2)26-16-36-31(37-26)21-14-19(9-10-23(21)33)43-29-24(34)15-25-20(12-13-35-25)30(29)44(3,39)40/h5-7,9-10,12-16,35H,4,8,11,17H2,1-3H3,(H,36,37). The Balaban J connectivity index is 1.32. The van der Waals surface area contributed by atoms with Crippen molar-refractivity contribution in [1.29, 1.82) is 0 Å². The zero-order valence-corrected chi connectivity index (χ0v) is 25.0. The summed E-state index contributed by atoms with van der Waals surface area (Å²) in [6.07, 6.45) is 4.77. The van der Waals surface area contributed by atoms with Crippen LogP contribution in [0.2, 0.25) is 0 Å². The van der Waals surface area contributed by atoms with E-state index in [1.54, 1.807) is 13.1 Å². The first-order chi connectivity index (χ1) is 21.0. The number of H-pyrrole nitrogens is 2. The third-order valence-electron chi connectivity index (χ3n) is 7.77. The van der Waals surface area contributed by atoms with Crippen LogP contribution in [0.3, 0.4) is 0 Å². The number of sulfone groups is 1. The number of aromatic nitrogens is 3. The molecule has 6 rings (SSSR count). The Morgan fingerprint density at radius 3 is 2.73 bits per heavy atom. The third-order valence-corrected chi connectivity index (χ3v) is 8.92. The summed E-state index contributed by atoms with van der Waals surface area (Å²) in [4.78, 5) is 22.0. The molecule has 2 N–H and O–H groups in total. The number of ether oxygens (including phenoxy) is 3. The van der Waals surface area contributed by atoms with Gasteiger partial charge in [-0.3, -0.25) is 4.79 Å². The van der Waals surface area contributed by atoms with Gasteiger partial charge in [0.25, 0.3) is 0 Å². The number of nitrogens with one attached hydrogen (secondary N) is 2. The van der Waals surface area contributed by atoms with Crippen LogP contribution in [-0.4, -0.2) is 48.8 Å². The lowest BCUT2D eigenvalue weighted by Crippen LogP contribution is -2.25. The average molecular weight is 622 g/mol. The Bertz CT molecular complexity index is 2020. The van der Waals surface area contributed by atoms with E-state index in [1.807, 2.05) is 25.1 Å². The number of benzene rings is 3. The number of rotatable bonds is 9. The number of aryl methyl sites for hydroxylation is 1. The quantitative estimate of drug-likeness (QED) is 0.187. The minimum atomic E-state index is -3.91. The summed E-state index contributed by atoms with van der Waals surface area (Å²) in [5, 5.41) is 0.276. The third kappa shape index (κ3) is 5.19. The smallest absolute Gasteiger partial charge is 0.306 e. The molecule has 0 spiro atoms. The van der Waals surface area contributed by atoms with Crippen molar-refractivity contribution in [3.05, 3.63) is 89.4 Å². The average Bonchev–Trinajstić information content (AvgIpc) is 3.73. The van der Waals surface area contributed by atoms with E-state index in [-0.39, 0.29) is 39.8 Å². The Hall–Kier alpha value is -4.71. The van der Waals surface area contributed by atoms with Gasteiger partial charge in [0, 0.05) is 53.3 Å². The molecule has 0 bridgehead atoms. The van der Waals surface area contributed by atoms with E-state index in [1.165, 1.54) is 24.4 Å². The number of carbonyl (C=O) groups is 1. The van der Waals surface area contributed by atoms with Crippen molar-refractivity contribution >= 4 is 26.7 Å². The zero-order chi connectivity index (χ0) is 31.2. The zero-order valence-electron chi connectivity index (χ0n) is 24.2. The van der Waals surface area contributed by atoms with Gasteiger partial charge in [0.05, 0.1) is 17.6 Å². The lowest BCUT2D eigenvalue weighted by atomic mass is 9.81. The number of hydrogen-bond acceptors (Lipinski definition) is 7. The van der Waals surface area contributed by atoms with Crippen LogP contribution in [0.15, 0.2) is 65.8 Å². The minimum absolute atomic E-state index is 0.0186. The molecule has 3 aromatic carbocycles. The van der Waals surface area contributed by atoms with Crippen molar-refractivity contribution in [3.63, 3.8) is 0 Å². The number of halogens is 2. The highest BCUT2D eigenvalue weighted by atomic mass is 32.2. The van der Waals surface area contributed by atoms with Crippen molar-refractivity contribution < 1.29 is 36.2 Å². The van der Waals surface area contributed by atoms with Crippen LogP contribution in [0.5, 0.6) is 17.2 Å². The van der Waals surface area contributed by atoms with Crippen LogP contribution in [-0.2, 0) is 31.2 Å². The van der Waals surface area contributed by atoms with Crippen LogP contribution < -0.4 is 9.47 Å². The lowest BCUT2D eigenvalue weighted by molar-refractivity contribution is -0.143. The number of hydrogen-bond donors (Lipinski definition) is 2. The lowest BCUT2D eigenvalue weighted by Gasteiger charge is -2.21. The molecule has 0 fully saturated rings. The van der Waals surface area contributed by atoms with Gasteiger partial charge < -0.3 is 24.2 Å². The molecular weight excluding hydrogens is 592 g/mol. The first kappa shape index (κ1) is 29.4. The van der Waals surface area contributed by atoms with Gasteiger partial charge in [-0.15, -0.1) is 0 Å². The van der Waals surface area contributed by atoms with E-state index in [9.17, 15) is 13.2 Å². The van der Waals surface area contributed by atoms with Gasteiger partial charge in [-0.1, -0.05) is 18.2 Å². The second-order valence-electron chi connectivity index (χ2n) is 10.8.